The zero-order chi connectivity index (χ0) is 56.3. The molecular formula is C62H56N6O10S2. The molecule has 2 amide bonds. The van der Waals surface area contributed by atoms with Crippen LogP contribution in [0.15, 0.2) is 209 Å². The number of aromatic nitrogens is 2. The predicted octanol–water partition coefficient (Wildman–Crippen LogP) is 9.06. The third-order valence-electron chi connectivity index (χ3n) is 13.6. The molecule has 3 N–H and O–H groups in total. The van der Waals surface area contributed by atoms with E-state index >= 15 is 0 Å². The minimum absolute atomic E-state index is 0.00717. The predicted molar refractivity (Wildman–Crippen MR) is 305 cm³/mol. The van der Waals surface area contributed by atoms with Crippen LogP contribution < -0.4 is 16.1 Å². The van der Waals surface area contributed by atoms with E-state index in [2.05, 4.69) is 15.8 Å². The summed E-state index contributed by atoms with van der Waals surface area (Å²) in [6, 6.07) is 50.8. The first kappa shape index (κ1) is 54.5. The van der Waals surface area contributed by atoms with Gasteiger partial charge in [-0.2, -0.15) is 0 Å². The van der Waals surface area contributed by atoms with Crippen LogP contribution in [0.3, 0.4) is 0 Å². The molecule has 406 valence electrons. The summed E-state index contributed by atoms with van der Waals surface area (Å²) in [4.78, 5) is 83.2. The number of rotatable bonds is 17. The number of nitrogens with zero attached hydrogens (tertiary/aromatic N) is 4. The molecule has 3 atom stereocenters. The second-order valence-electron chi connectivity index (χ2n) is 20.7. The number of hydrogen-bond donors (Lipinski definition) is 3. The summed E-state index contributed by atoms with van der Waals surface area (Å²) in [5.41, 5.74) is 0.118. The number of thiazole rings is 1. The number of carbonyl (C=O) groups excluding carboxylic acids is 4. The van der Waals surface area contributed by atoms with Crippen LogP contribution in [0.25, 0.3) is 11.1 Å². The second-order valence-corrected chi connectivity index (χ2v) is 23.1. The molecule has 1 fully saturated rings. The number of phenols is 1. The van der Waals surface area contributed by atoms with E-state index in [4.69, 9.17) is 19.3 Å². The Morgan fingerprint density at radius 2 is 1.34 bits per heavy atom. The van der Waals surface area contributed by atoms with E-state index < -0.39 is 86.1 Å². The van der Waals surface area contributed by atoms with Crippen LogP contribution >= 0.6 is 11.3 Å². The van der Waals surface area contributed by atoms with E-state index in [1.165, 1.54) is 37.4 Å². The maximum Gasteiger partial charge on any atom is 0.356 e. The van der Waals surface area contributed by atoms with E-state index in [0.717, 1.165) is 21.6 Å². The number of carbonyl (C=O) groups is 4. The zero-order valence-corrected chi connectivity index (χ0v) is 45.9. The second kappa shape index (κ2) is 22.5. The Morgan fingerprint density at radius 3 is 1.89 bits per heavy atom. The van der Waals surface area contributed by atoms with Crippen LogP contribution in [0.5, 0.6) is 5.75 Å². The number of phenolic OH excluding ortho intramolecular Hbond substituents is 1. The molecule has 16 nitrogen and oxygen atoms in total. The minimum atomic E-state index is -1.96. The molecule has 4 aliphatic rings. The Balaban J connectivity index is 1.01. The number of pyridine rings is 1. The summed E-state index contributed by atoms with van der Waals surface area (Å²) >= 11 is -0.780. The number of anilines is 1. The monoisotopic (exact) mass is 1110 g/mol. The van der Waals surface area contributed by atoms with Gasteiger partial charge in [0.25, 0.3) is 11.8 Å². The first-order valence-corrected chi connectivity index (χ1v) is 27.9. The molecule has 1 saturated heterocycles. The number of hydrogen-bond acceptors (Lipinski definition) is 14. The zero-order valence-electron chi connectivity index (χ0n) is 44.3. The summed E-state index contributed by atoms with van der Waals surface area (Å²) in [6.45, 7) is 7.86. The smallest absolute Gasteiger partial charge is 0.356 e. The number of aromatic hydroxyl groups is 1. The van der Waals surface area contributed by atoms with Gasteiger partial charge in [0, 0.05) is 28.9 Å². The van der Waals surface area contributed by atoms with E-state index in [0.29, 0.717) is 21.8 Å². The highest BCUT2D eigenvalue weighted by atomic mass is 32.2. The SMILES string of the molecule is CC(C)(C)OC(=O)C(C)(C)O/N=C(\C(=O)NC1C(=O)N2C(C(=O)OC(c3ccccc3)c3ccccc3)=C(Cn3ccc4ccc(O)c(=O)c-4c3)C[S+]([O-])[C@@H]12)c1csc(NC(c2ccccc2)(c2ccccc2)c2ccccc2)n1. The summed E-state index contributed by atoms with van der Waals surface area (Å²) in [6.07, 6.45) is 2.24. The molecule has 10 rings (SSSR count). The van der Waals surface area contributed by atoms with Crippen LogP contribution in [0.2, 0.25) is 0 Å². The summed E-state index contributed by atoms with van der Waals surface area (Å²) in [5, 5.41) is 21.7. The number of benzene rings is 6. The number of ether oxygens (including phenoxy) is 2. The fourth-order valence-corrected chi connectivity index (χ4v) is 12.1. The van der Waals surface area contributed by atoms with Crippen molar-refractivity contribution in [2.45, 2.75) is 75.4 Å². The van der Waals surface area contributed by atoms with Crippen molar-refractivity contribution in [3.05, 3.63) is 243 Å². The van der Waals surface area contributed by atoms with Crippen LogP contribution in [0, 0.1) is 0 Å². The average molecular weight is 1110 g/mol. The topological polar surface area (TPSA) is 214 Å². The van der Waals surface area contributed by atoms with Crippen molar-refractivity contribution in [3.63, 3.8) is 0 Å². The van der Waals surface area contributed by atoms with Gasteiger partial charge >= 0.3 is 11.9 Å². The third-order valence-corrected chi connectivity index (χ3v) is 16.0. The van der Waals surface area contributed by atoms with Gasteiger partial charge in [0.2, 0.25) is 16.4 Å². The number of oxime groups is 1. The van der Waals surface area contributed by atoms with Gasteiger partial charge in [0.05, 0.1) is 6.54 Å². The van der Waals surface area contributed by atoms with Gasteiger partial charge in [-0.25, -0.2) is 14.6 Å². The van der Waals surface area contributed by atoms with E-state index in [-0.39, 0.29) is 34.8 Å². The molecule has 3 aliphatic heterocycles. The van der Waals surface area contributed by atoms with Gasteiger partial charge in [-0.15, -0.1) is 11.3 Å². The van der Waals surface area contributed by atoms with E-state index in [9.17, 15) is 33.6 Å². The maximum absolute atomic E-state index is 15.0. The molecular weight excluding hydrogens is 1050 g/mol. The normalized spacial score (nSPS) is 16.6. The maximum atomic E-state index is 15.0. The van der Waals surface area contributed by atoms with Crippen molar-refractivity contribution in [2.24, 2.45) is 5.16 Å². The van der Waals surface area contributed by atoms with Crippen molar-refractivity contribution < 1.29 is 43.1 Å². The molecule has 2 unspecified atom stereocenters. The van der Waals surface area contributed by atoms with E-state index in [1.807, 2.05) is 152 Å². The van der Waals surface area contributed by atoms with E-state index in [1.54, 1.807) is 49.0 Å². The quantitative estimate of drug-likeness (QED) is 0.0195. The van der Waals surface area contributed by atoms with Crippen molar-refractivity contribution >= 4 is 57.1 Å². The van der Waals surface area contributed by atoms with Crippen LogP contribution in [-0.4, -0.2) is 81.9 Å². The Hall–Kier alpha value is -8.84. The molecule has 80 heavy (non-hydrogen) atoms. The molecule has 5 aromatic carbocycles. The van der Waals surface area contributed by atoms with Gasteiger partial charge in [-0.3, -0.25) is 19.3 Å². The molecule has 18 heteroatoms. The fraction of sp³-hybridized carbons (Fsp3) is 0.210. The molecule has 6 aromatic rings. The molecule has 0 bridgehead atoms. The number of nitrogens with one attached hydrogen (secondary N) is 2. The van der Waals surface area contributed by atoms with Gasteiger partial charge in [0.1, 0.15) is 28.3 Å². The molecule has 4 heterocycles. The van der Waals surface area contributed by atoms with Crippen LogP contribution in [0.4, 0.5) is 5.13 Å². The molecule has 0 spiro atoms. The largest absolute Gasteiger partial charge is 0.614 e. The van der Waals surface area contributed by atoms with Crippen LogP contribution in [0.1, 0.15) is 74.2 Å². The third kappa shape index (κ3) is 11.1. The fourth-order valence-electron chi connectivity index (χ4n) is 9.69. The lowest BCUT2D eigenvalue weighted by Gasteiger charge is -2.49. The Labute approximate surface area is 468 Å². The lowest BCUT2D eigenvalue weighted by atomic mass is 9.77. The molecule has 0 saturated carbocycles. The number of amides is 2. The van der Waals surface area contributed by atoms with Crippen molar-refractivity contribution in [1.82, 2.24) is 19.8 Å². The average Bonchev–Trinajstić information content (AvgIpc) is 3.97. The summed E-state index contributed by atoms with van der Waals surface area (Å²) < 4.78 is 28.3. The molecule has 1 aromatic heterocycles. The van der Waals surface area contributed by atoms with Crippen LogP contribution in [-0.2, 0) is 56.7 Å². The van der Waals surface area contributed by atoms with Gasteiger partial charge < -0.3 is 39.2 Å². The van der Waals surface area contributed by atoms with Gasteiger partial charge in [0.15, 0.2) is 28.7 Å². The van der Waals surface area contributed by atoms with Gasteiger partial charge in [-0.05, 0) is 91.3 Å². The standard InChI is InChI=1S/C62H56N6O10S2/c1-60(2,3)77-58(74)61(4,5)78-66-49(47-37-79-59(63-47)65-62(43-25-15-8-16-26-43,44-27-17-9-18-28-44)45-29-19-10-20-30-45)54(71)64-50-55(72)68-51(57(73)76-53(40-21-11-6-12-22-40)41-23-13-7-14-24-41)42(38-80(75)56(50)68)35-67-34-33-39-31-32-48(69)52(70)46(39)36-67/h6-34,36-37,50,53,56,69H,35,38H2,1-5H3,(H,63,65)(H,64,71)/b66-49-/t50?,56-,80?/m0/s1. The number of fused-ring (bicyclic) bond motifs is 2. The Bertz CT molecular complexity index is 3530. The highest BCUT2D eigenvalue weighted by molar-refractivity contribution is 7.92. The lowest BCUT2D eigenvalue weighted by Crippen LogP contribution is -2.75. The first-order chi connectivity index (χ1) is 38.4. The highest BCUT2D eigenvalue weighted by Gasteiger charge is 2.61. The first-order valence-electron chi connectivity index (χ1n) is 25.7. The van der Waals surface area contributed by atoms with Crippen molar-refractivity contribution in [3.8, 4) is 16.9 Å². The Kier molecular flexibility index (Phi) is 15.3. The van der Waals surface area contributed by atoms with Gasteiger partial charge in [-0.1, -0.05) is 163 Å². The minimum Gasteiger partial charge on any atom is -0.614 e. The lowest BCUT2D eigenvalue weighted by molar-refractivity contribution is -0.179. The number of β-lactam (4-membered cyclic amide) rings is 1. The summed E-state index contributed by atoms with van der Waals surface area (Å²) in [7, 11) is 0. The molecule has 1 aliphatic carbocycles. The number of esters is 2. The van der Waals surface area contributed by atoms with Crippen molar-refractivity contribution in [2.75, 3.05) is 11.1 Å². The Morgan fingerprint density at radius 1 is 0.787 bits per heavy atom. The highest BCUT2D eigenvalue weighted by Crippen LogP contribution is 2.42. The van der Waals surface area contributed by atoms with Crippen molar-refractivity contribution in [1.29, 1.82) is 0 Å². The summed E-state index contributed by atoms with van der Waals surface area (Å²) in [5.74, 6) is -4.10. The molecule has 0 radical (unpaired) electrons.